The van der Waals surface area contributed by atoms with E-state index < -0.39 is 0 Å². The van der Waals surface area contributed by atoms with Crippen molar-refractivity contribution in [3.8, 4) is 5.75 Å². The molecule has 0 heterocycles. The van der Waals surface area contributed by atoms with Crippen molar-refractivity contribution >= 4 is 21.8 Å². The lowest BCUT2D eigenvalue weighted by Gasteiger charge is -2.20. The molecule has 0 bridgehead atoms. The minimum absolute atomic E-state index is 0.00261. The third-order valence-electron chi connectivity index (χ3n) is 3.77. The average Bonchev–Trinajstić information content (AvgIpc) is 2.55. The number of hydrogen-bond acceptors (Lipinski definition) is 3. The highest BCUT2D eigenvalue weighted by Crippen LogP contribution is 2.24. The van der Waals surface area contributed by atoms with Crippen molar-refractivity contribution in [1.29, 1.82) is 0 Å². The van der Waals surface area contributed by atoms with Crippen molar-refractivity contribution in [3.63, 3.8) is 0 Å². The van der Waals surface area contributed by atoms with Crippen molar-refractivity contribution < 1.29 is 9.53 Å². The van der Waals surface area contributed by atoms with Gasteiger partial charge in [0.1, 0.15) is 5.75 Å². The Morgan fingerprint density at radius 3 is 2.62 bits per heavy atom. The molecule has 2 aromatic carbocycles. The molecule has 1 N–H and O–H groups in total. The van der Waals surface area contributed by atoms with Crippen LogP contribution in [-0.2, 0) is 11.3 Å². The average molecular weight is 391 g/mol. The van der Waals surface area contributed by atoms with E-state index in [0.717, 1.165) is 21.3 Å². The van der Waals surface area contributed by atoms with Gasteiger partial charge in [-0.25, -0.2) is 0 Å². The van der Waals surface area contributed by atoms with E-state index >= 15 is 0 Å². The van der Waals surface area contributed by atoms with Gasteiger partial charge in [0.25, 0.3) is 0 Å². The minimum atomic E-state index is -0.00694. The van der Waals surface area contributed by atoms with Crippen LogP contribution < -0.4 is 10.1 Å². The Kier molecular flexibility index (Phi) is 6.82. The molecule has 0 saturated carbocycles. The van der Waals surface area contributed by atoms with Crippen LogP contribution in [0.2, 0.25) is 0 Å². The molecular formula is C19H23BrN2O2. The Bertz CT molecular complexity index is 676. The summed E-state index contributed by atoms with van der Waals surface area (Å²) in [6, 6.07) is 15.8. The lowest BCUT2D eigenvalue weighted by atomic mass is 10.1. The monoisotopic (exact) mass is 390 g/mol. The Balaban J connectivity index is 1.91. The topological polar surface area (TPSA) is 41.6 Å². The van der Waals surface area contributed by atoms with Gasteiger partial charge < -0.3 is 10.1 Å². The van der Waals surface area contributed by atoms with Crippen molar-refractivity contribution in [1.82, 2.24) is 10.2 Å². The van der Waals surface area contributed by atoms with Gasteiger partial charge in [0.2, 0.25) is 5.91 Å². The summed E-state index contributed by atoms with van der Waals surface area (Å²) in [5.41, 5.74) is 2.14. The van der Waals surface area contributed by atoms with Crippen LogP contribution in [0.4, 0.5) is 0 Å². The molecule has 4 nitrogen and oxygen atoms in total. The Morgan fingerprint density at radius 2 is 1.96 bits per heavy atom. The molecule has 5 heteroatoms. The van der Waals surface area contributed by atoms with Gasteiger partial charge in [0.15, 0.2) is 0 Å². The number of nitrogens with zero attached hydrogens (tertiary/aromatic N) is 1. The first-order valence-electron chi connectivity index (χ1n) is 7.85. The number of carbonyl (C=O) groups is 1. The smallest absolute Gasteiger partial charge is 0.234 e. The van der Waals surface area contributed by atoms with Crippen molar-refractivity contribution in [2.24, 2.45) is 0 Å². The molecule has 0 aliphatic carbocycles. The highest BCUT2D eigenvalue weighted by atomic mass is 79.9. The van der Waals surface area contributed by atoms with E-state index in [9.17, 15) is 4.79 Å². The number of methoxy groups -OCH3 is 1. The highest BCUT2D eigenvalue weighted by molar-refractivity contribution is 9.10. The lowest BCUT2D eigenvalue weighted by Crippen LogP contribution is -2.36. The summed E-state index contributed by atoms with van der Waals surface area (Å²) in [6.45, 7) is 2.95. The summed E-state index contributed by atoms with van der Waals surface area (Å²) in [5, 5.41) is 3.03. The van der Waals surface area contributed by atoms with Gasteiger partial charge in [0.05, 0.1) is 19.7 Å². The van der Waals surface area contributed by atoms with Gasteiger partial charge in [-0.15, -0.1) is 0 Å². The Labute approximate surface area is 151 Å². The van der Waals surface area contributed by atoms with Crippen LogP contribution in [0.5, 0.6) is 5.75 Å². The first-order valence-corrected chi connectivity index (χ1v) is 8.64. The van der Waals surface area contributed by atoms with E-state index in [1.54, 1.807) is 7.11 Å². The molecule has 0 radical (unpaired) electrons. The van der Waals surface area contributed by atoms with Gasteiger partial charge in [-0.1, -0.05) is 46.3 Å². The molecule has 1 amide bonds. The second kappa shape index (κ2) is 8.85. The van der Waals surface area contributed by atoms with E-state index in [1.807, 2.05) is 67.4 Å². The number of hydrogen-bond donors (Lipinski definition) is 1. The maximum atomic E-state index is 12.3. The van der Waals surface area contributed by atoms with Gasteiger partial charge in [0, 0.05) is 16.6 Å². The zero-order valence-electron chi connectivity index (χ0n) is 14.3. The molecule has 0 saturated heterocycles. The zero-order chi connectivity index (χ0) is 17.5. The highest BCUT2D eigenvalue weighted by Gasteiger charge is 2.13. The van der Waals surface area contributed by atoms with Crippen LogP contribution >= 0.6 is 15.9 Å². The number of rotatable bonds is 7. The van der Waals surface area contributed by atoms with Crippen LogP contribution in [0, 0.1) is 0 Å². The van der Waals surface area contributed by atoms with Gasteiger partial charge in [-0.05, 0) is 37.7 Å². The van der Waals surface area contributed by atoms with Crippen molar-refractivity contribution in [2.45, 2.75) is 19.5 Å². The summed E-state index contributed by atoms with van der Waals surface area (Å²) in [4.78, 5) is 14.2. The number of ether oxygens (including phenoxy) is 1. The predicted octanol–water partition coefficient (Wildman–Crippen LogP) is 3.77. The summed E-state index contributed by atoms with van der Waals surface area (Å²) < 4.78 is 6.37. The molecule has 0 aliphatic heterocycles. The fourth-order valence-electron chi connectivity index (χ4n) is 2.57. The van der Waals surface area contributed by atoms with E-state index in [4.69, 9.17) is 4.74 Å². The van der Waals surface area contributed by atoms with Gasteiger partial charge >= 0.3 is 0 Å². The minimum Gasteiger partial charge on any atom is -0.496 e. The van der Waals surface area contributed by atoms with E-state index in [0.29, 0.717) is 13.1 Å². The first kappa shape index (κ1) is 18.5. The second-order valence-electron chi connectivity index (χ2n) is 5.83. The fourth-order valence-corrected chi connectivity index (χ4v) is 2.98. The van der Waals surface area contributed by atoms with Crippen molar-refractivity contribution in [3.05, 3.63) is 64.1 Å². The van der Waals surface area contributed by atoms with E-state index in [2.05, 4.69) is 21.2 Å². The molecule has 0 spiro atoms. The Morgan fingerprint density at radius 1 is 1.25 bits per heavy atom. The molecule has 0 unspecified atom stereocenters. The lowest BCUT2D eigenvalue weighted by molar-refractivity contribution is -0.122. The molecule has 1 atom stereocenters. The number of nitrogens with one attached hydrogen (secondary N) is 1. The van der Waals surface area contributed by atoms with E-state index in [-0.39, 0.29) is 11.9 Å². The fraction of sp³-hybridized carbons (Fsp3) is 0.316. The van der Waals surface area contributed by atoms with Crippen LogP contribution in [-0.4, -0.2) is 31.5 Å². The quantitative estimate of drug-likeness (QED) is 0.782. The van der Waals surface area contributed by atoms with Crippen LogP contribution in [0.3, 0.4) is 0 Å². The zero-order valence-corrected chi connectivity index (χ0v) is 15.8. The first-order chi connectivity index (χ1) is 11.5. The maximum absolute atomic E-state index is 12.3. The molecule has 0 aliphatic rings. The SMILES string of the molecule is COc1ccc(Br)cc1CN(C)CC(=O)N[C@H](C)c1ccccc1. The molecule has 2 aromatic rings. The molecule has 24 heavy (non-hydrogen) atoms. The molecule has 0 fully saturated rings. The number of halogens is 1. The number of amides is 1. The predicted molar refractivity (Wildman–Crippen MR) is 100 cm³/mol. The van der Waals surface area contributed by atoms with E-state index in [1.165, 1.54) is 0 Å². The van der Waals surface area contributed by atoms with Crippen LogP contribution in [0.1, 0.15) is 24.1 Å². The second-order valence-corrected chi connectivity index (χ2v) is 6.74. The normalized spacial score (nSPS) is 12.0. The number of benzene rings is 2. The molecular weight excluding hydrogens is 368 g/mol. The third kappa shape index (κ3) is 5.35. The summed E-state index contributed by atoms with van der Waals surface area (Å²) >= 11 is 3.47. The van der Waals surface area contributed by atoms with Crippen LogP contribution in [0.25, 0.3) is 0 Å². The van der Waals surface area contributed by atoms with Crippen LogP contribution in [0.15, 0.2) is 53.0 Å². The standard InChI is InChI=1S/C19H23BrN2O2/c1-14(15-7-5-4-6-8-15)21-19(23)13-22(2)12-16-11-17(20)9-10-18(16)24-3/h4-11,14H,12-13H2,1-3H3,(H,21,23)/t14-/m1/s1. The Hall–Kier alpha value is -1.85. The number of likely N-dealkylation sites (N-methyl/N-ethyl adjacent to an activating group) is 1. The van der Waals surface area contributed by atoms with Crippen molar-refractivity contribution in [2.75, 3.05) is 20.7 Å². The molecule has 2 rings (SSSR count). The number of carbonyl (C=O) groups excluding carboxylic acids is 1. The third-order valence-corrected chi connectivity index (χ3v) is 4.27. The maximum Gasteiger partial charge on any atom is 0.234 e. The summed E-state index contributed by atoms with van der Waals surface area (Å²) in [6.07, 6.45) is 0. The van der Waals surface area contributed by atoms with Gasteiger partial charge in [-0.3, -0.25) is 9.69 Å². The molecule has 128 valence electrons. The molecule has 0 aromatic heterocycles. The summed E-state index contributed by atoms with van der Waals surface area (Å²) in [5.74, 6) is 0.825. The largest absolute Gasteiger partial charge is 0.496 e. The van der Waals surface area contributed by atoms with Gasteiger partial charge in [-0.2, -0.15) is 0 Å². The summed E-state index contributed by atoms with van der Waals surface area (Å²) in [7, 11) is 3.58.